The molecular weight excluding hydrogens is 473 g/mol. The number of guanidine groups is 1. The first-order chi connectivity index (χ1) is 13.7. The van der Waals surface area contributed by atoms with Crippen LogP contribution < -0.4 is 10.6 Å². The molecular formula is C23H30IN5. The lowest BCUT2D eigenvalue weighted by Gasteiger charge is -2.14. The van der Waals surface area contributed by atoms with Crippen LogP contribution in [0.15, 0.2) is 65.9 Å². The molecule has 154 valence electrons. The molecule has 1 aromatic heterocycles. The molecule has 29 heavy (non-hydrogen) atoms. The number of aryl methyl sites for hydroxylation is 2. The molecule has 0 unspecified atom stereocenters. The van der Waals surface area contributed by atoms with Crippen molar-refractivity contribution in [1.29, 1.82) is 0 Å². The normalized spacial score (nSPS) is 11.1. The van der Waals surface area contributed by atoms with E-state index in [0.29, 0.717) is 0 Å². The molecule has 0 aliphatic heterocycles. The third-order valence-electron chi connectivity index (χ3n) is 4.90. The fourth-order valence-corrected chi connectivity index (χ4v) is 3.27. The second-order valence-electron chi connectivity index (χ2n) is 6.82. The monoisotopic (exact) mass is 503 g/mol. The van der Waals surface area contributed by atoms with E-state index >= 15 is 0 Å². The van der Waals surface area contributed by atoms with Crippen molar-refractivity contribution in [3.05, 3.63) is 89.0 Å². The van der Waals surface area contributed by atoms with Gasteiger partial charge in [-0.25, -0.2) is 4.98 Å². The fraction of sp³-hybridized carbons (Fsp3) is 0.304. The first-order valence-electron chi connectivity index (χ1n) is 9.76. The van der Waals surface area contributed by atoms with Gasteiger partial charge in [-0.2, -0.15) is 0 Å². The lowest BCUT2D eigenvalue weighted by atomic mass is 10.1. The molecule has 2 N–H and O–H groups in total. The van der Waals surface area contributed by atoms with Crippen molar-refractivity contribution in [1.82, 2.24) is 20.2 Å². The maximum Gasteiger partial charge on any atom is 0.191 e. The minimum absolute atomic E-state index is 0. The second-order valence-corrected chi connectivity index (χ2v) is 6.82. The molecule has 0 aliphatic carbocycles. The van der Waals surface area contributed by atoms with Gasteiger partial charge in [0.05, 0.1) is 0 Å². The van der Waals surface area contributed by atoms with Gasteiger partial charge in [0.15, 0.2) is 5.96 Å². The van der Waals surface area contributed by atoms with Crippen molar-refractivity contribution in [2.75, 3.05) is 7.05 Å². The first kappa shape index (κ1) is 22.9. The maximum absolute atomic E-state index is 4.35. The van der Waals surface area contributed by atoms with Gasteiger partial charge in [0.1, 0.15) is 5.82 Å². The average molecular weight is 503 g/mol. The Bertz CT molecular complexity index is 932. The lowest BCUT2D eigenvalue weighted by Crippen LogP contribution is -2.36. The van der Waals surface area contributed by atoms with E-state index in [4.69, 9.17) is 0 Å². The summed E-state index contributed by atoms with van der Waals surface area (Å²) in [6, 6.07) is 17.1. The summed E-state index contributed by atoms with van der Waals surface area (Å²) in [4.78, 5) is 8.64. The van der Waals surface area contributed by atoms with Crippen LogP contribution in [0.25, 0.3) is 0 Å². The zero-order valence-corrected chi connectivity index (χ0v) is 19.7. The van der Waals surface area contributed by atoms with E-state index in [0.717, 1.165) is 37.8 Å². The molecule has 0 aliphatic rings. The molecule has 5 nitrogen and oxygen atoms in total. The summed E-state index contributed by atoms with van der Waals surface area (Å²) in [6.45, 7) is 6.54. The standard InChI is InChI=1S/C23H29N5.HI/c1-4-21-10-5-6-11-22(21)16-27-23(24-3)26-15-19-8-7-9-20(14-19)17-28-13-12-25-18(28)2;/h5-14H,4,15-17H2,1-3H3,(H2,24,26,27);1H. The number of nitrogens with zero attached hydrogens (tertiary/aromatic N) is 3. The molecule has 0 spiro atoms. The molecule has 0 bridgehead atoms. The number of aromatic nitrogens is 2. The van der Waals surface area contributed by atoms with Gasteiger partial charge in [0.2, 0.25) is 0 Å². The fourth-order valence-electron chi connectivity index (χ4n) is 3.27. The third-order valence-corrected chi connectivity index (χ3v) is 4.90. The van der Waals surface area contributed by atoms with E-state index in [1.54, 1.807) is 7.05 Å². The average Bonchev–Trinajstić information content (AvgIpc) is 3.13. The largest absolute Gasteiger partial charge is 0.352 e. The Morgan fingerprint density at radius 3 is 2.41 bits per heavy atom. The smallest absolute Gasteiger partial charge is 0.191 e. The summed E-state index contributed by atoms with van der Waals surface area (Å²) < 4.78 is 2.15. The van der Waals surface area contributed by atoms with Crippen molar-refractivity contribution in [3.8, 4) is 0 Å². The molecule has 0 fully saturated rings. The Kier molecular flexibility index (Phi) is 9.18. The highest BCUT2D eigenvalue weighted by molar-refractivity contribution is 14.0. The summed E-state index contributed by atoms with van der Waals surface area (Å²) in [7, 11) is 1.80. The van der Waals surface area contributed by atoms with E-state index < -0.39 is 0 Å². The second kappa shape index (κ2) is 11.6. The van der Waals surface area contributed by atoms with Gasteiger partial charge in [0, 0.05) is 39.1 Å². The van der Waals surface area contributed by atoms with Gasteiger partial charge in [0.25, 0.3) is 0 Å². The zero-order valence-electron chi connectivity index (χ0n) is 17.4. The number of imidazole rings is 1. The van der Waals surface area contributed by atoms with Gasteiger partial charge < -0.3 is 15.2 Å². The highest BCUT2D eigenvalue weighted by Crippen LogP contribution is 2.10. The molecule has 0 saturated carbocycles. The van der Waals surface area contributed by atoms with Crippen LogP contribution in [0.3, 0.4) is 0 Å². The van der Waals surface area contributed by atoms with Crippen LogP contribution in [0.1, 0.15) is 35.0 Å². The van der Waals surface area contributed by atoms with Crippen molar-refractivity contribution in [2.45, 2.75) is 39.9 Å². The van der Waals surface area contributed by atoms with E-state index in [2.05, 4.69) is 80.6 Å². The van der Waals surface area contributed by atoms with Crippen LogP contribution in [-0.4, -0.2) is 22.6 Å². The predicted octanol–water partition coefficient (Wildman–Crippen LogP) is 4.29. The van der Waals surface area contributed by atoms with Crippen molar-refractivity contribution >= 4 is 29.9 Å². The molecule has 0 amide bonds. The van der Waals surface area contributed by atoms with Gasteiger partial charge >= 0.3 is 0 Å². The molecule has 6 heteroatoms. The molecule has 0 saturated heterocycles. The quantitative estimate of drug-likeness (QED) is 0.288. The molecule has 2 aromatic carbocycles. The van der Waals surface area contributed by atoms with Crippen molar-refractivity contribution < 1.29 is 0 Å². The first-order valence-corrected chi connectivity index (χ1v) is 9.76. The number of halogens is 1. The van der Waals surface area contributed by atoms with E-state index in [-0.39, 0.29) is 24.0 Å². The van der Waals surface area contributed by atoms with Gasteiger partial charge in [-0.3, -0.25) is 4.99 Å². The molecule has 0 radical (unpaired) electrons. The van der Waals surface area contributed by atoms with E-state index in [1.165, 1.54) is 22.3 Å². The van der Waals surface area contributed by atoms with Gasteiger partial charge in [-0.1, -0.05) is 55.5 Å². The van der Waals surface area contributed by atoms with Crippen LogP contribution in [0.4, 0.5) is 0 Å². The Hall–Kier alpha value is -2.35. The zero-order chi connectivity index (χ0) is 19.8. The van der Waals surface area contributed by atoms with E-state index in [1.807, 2.05) is 19.3 Å². The summed E-state index contributed by atoms with van der Waals surface area (Å²) in [6.07, 6.45) is 4.89. The van der Waals surface area contributed by atoms with Crippen LogP contribution in [-0.2, 0) is 26.1 Å². The summed E-state index contributed by atoms with van der Waals surface area (Å²) in [5.41, 5.74) is 5.17. The van der Waals surface area contributed by atoms with Crippen molar-refractivity contribution in [2.24, 2.45) is 4.99 Å². The third kappa shape index (κ3) is 6.59. The SMILES string of the molecule is CCc1ccccc1CNC(=NC)NCc1cccc(Cn2ccnc2C)c1.I. The van der Waals surface area contributed by atoms with Crippen LogP contribution in [0.2, 0.25) is 0 Å². The van der Waals surface area contributed by atoms with Crippen LogP contribution in [0, 0.1) is 6.92 Å². The number of aliphatic imine (C=N–C) groups is 1. The number of nitrogens with one attached hydrogen (secondary N) is 2. The van der Waals surface area contributed by atoms with Crippen LogP contribution >= 0.6 is 24.0 Å². The predicted molar refractivity (Wildman–Crippen MR) is 131 cm³/mol. The summed E-state index contributed by atoms with van der Waals surface area (Å²) in [5.74, 6) is 1.84. The molecule has 3 rings (SSSR count). The molecule has 3 aromatic rings. The number of hydrogen-bond acceptors (Lipinski definition) is 2. The highest BCUT2D eigenvalue weighted by atomic mass is 127. The van der Waals surface area contributed by atoms with Gasteiger partial charge in [-0.15, -0.1) is 24.0 Å². The number of rotatable bonds is 7. The minimum Gasteiger partial charge on any atom is -0.352 e. The Morgan fingerprint density at radius 1 is 1.00 bits per heavy atom. The Morgan fingerprint density at radius 2 is 1.72 bits per heavy atom. The maximum atomic E-state index is 4.35. The summed E-state index contributed by atoms with van der Waals surface area (Å²) >= 11 is 0. The molecule has 0 atom stereocenters. The Labute approximate surface area is 190 Å². The minimum atomic E-state index is 0. The summed E-state index contributed by atoms with van der Waals surface area (Å²) in [5, 5.41) is 6.83. The van der Waals surface area contributed by atoms with Crippen molar-refractivity contribution in [3.63, 3.8) is 0 Å². The van der Waals surface area contributed by atoms with Crippen LogP contribution in [0.5, 0.6) is 0 Å². The number of benzene rings is 2. The topological polar surface area (TPSA) is 54.2 Å². The lowest BCUT2D eigenvalue weighted by molar-refractivity contribution is 0.757. The Balaban J connectivity index is 0.00000300. The number of hydrogen-bond donors (Lipinski definition) is 2. The van der Waals surface area contributed by atoms with E-state index in [9.17, 15) is 0 Å². The molecule has 1 heterocycles. The van der Waals surface area contributed by atoms with Gasteiger partial charge in [-0.05, 0) is 35.6 Å². The highest BCUT2D eigenvalue weighted by Gasteiger charge is 2.04.